The number of benzene rings is 2. The van der Waals surface area contributed by atoms with Gasteiger partial charge in [0.05, 0.1) is 33.1 Å². The van der Waals surface area contributed by atoms with Gasteiger partial charge in [-0.15, -0.1) is 0 Å². The summed E-state index contributed by atoms with van der Waals surface area (Å²) in [5.41, 5.74) is 2.47. The van der Waals surface area contributed by atoms with Gasteiger partial charge in [0.25, 0.3) is 5.91 Å². The minimum absolute atomic E-state index is 0.0539. The van der Waals surface area contributed by atoms with Crippen LogP contribution < -0.4 is 19.3 Å². The second-order valence-electron chi connectivity index (χ2n) is 8.71. The molecule has 5 rings (SSSR count). The van der Waals surface area contributed by atoms with E-state index in [4.69, 9.17) is 19.2 Å². The van der Waals surface area contributed by atoms with Gasteiger partial charge in [-0.2, -0.15) is 0 Å². The van der Waals surface area contributed by atoms with Gasteiger partial charge >= 0.3 is 0 Å². The van der Waals surface area contributed by atoms with E-state index in [0.717, 1.165) is 48.9 Å². The Morgan fingerprint density at radius 1 is 0.861 bits per heavy atom. The largest absolute Gasteiger partial charge is 0.497 e. The zero-order valence-corrected chi connectivity index (χ0v) is 20.7. The average Bonchev–Trinajstić information content (AvgIpc) is 2.97. The fourth-order valence-electron chi connectivity index (χ4n) is 4.63. The number of carbonyl (C=O) groups excluding carboxylic acids is 1. The molecule has 188 valence electrons. The molecule has 9 nitrogen and oxygen atoms in total. The van der Waals surface area contributed by atoms with Crippen molar-refractivity contribution in [3.05, 3.63) is 60.3 Å². The number of hydrogen-bond donors (Lipinski definition) is 0. The van der Waals surface area contributed by atoms with Crippen LogP contribution in [0.4, 0.5) is 11.5 Å². The number of amides is 1. The minimum atomic E-state index is -0.0539. The van der Waals surface area contributed by atoms with Crippen molar-refractivity contribution in [2.45, 2.75) is 0 Å². The topological polar surface area (TPSA) is 80.3 Å². The number of anilines is 2. The third-order valence-electron chi connectivity index (χ3n) is 6.65. The average molecular weight is 490 g/mol. The summed E-state index contributed by atoms with van der Waals surface area (Å²) < 4.78 is 16.3. The van der Waals surface area contributed by atoms with Crippen molar-refractivity contribution in [2.24, 2.45) is 0 Å². The van der Waals surface area contributed by atoms with Crippen molar-refractivity contribution in [2.75, 3.05) is 76.5 Å². The van der Waals surface area contributed by atoms with E-state index in [-0.39, 0.29) is 5.91 Å². The van der Waals surface area contributed by atoms with Crippen LogP contribution >= 0.6 is 0 Å². The van der Waals surface area contributed by atoms with Crippen molar-refractivity contribution in [3.8, 4) is 22.9 Å². The van der Waals surface area contributed by atoms with E-state index in [9.17, 15) is 4.79 Å². The molecule has 2 fully saturated rings. The number of aromatic nitrogens is 2. The fourth-order valence-corrected chi connectivity index (χ4v) is 4.63. The highest BCUT2D eigenvalue weighted by atomic mass is 16.5. The van der Waals surface area contributed by atoms with Crippen LogP contribution in [0, 0.1) is 0 Å². The molecule has 1 amide bonds. The van der Waals surface area contributed by atoms with Gasteiger partial charge < -0.3 is 28.9 Å². The molecule has 0 aliphatic carbocycles. The second kappa shape index (κ2) is 10.8. The Labute approximate surface area is 211 Å². The van der Waals surface area contributed by atoms with Crippen LogP contribution in [-0.2, 0) is 4.74 Å². The molecule has 2 aliphatic heterocycles. The van der Waals surface area contributed by atoms with Crippen molar-refractivity contribution in [3.63, 3.8) is 0 Å². The Hall–Kier alpha value is -3.85. The lowest BCUT2D eigenvalue weighted by atomic mass is 10.1. The fraction of sp³-hybridized carbons (Fsp3) is 0.370. The van der Waals surface area contributed by atoms with Crippen LogP contribution in [0.3, 0.4) is 0 Å². The van der Waals surface area contributed by atoms with Gasteiger partial charge in [-0.1, -0.05) is 12.1 Å². The molecule has 0 bridgehead atoms. The number of methoxy groups -OCH3 is 2. The molecule has 3 heterocycles. The number of hydrogen-bond acceptors (Lipinski definition) is 8. The normalized spacial score (nSPS) is 16.1. The van der Waals surface area contributed by atoms with Gasteiger partial charge in [0.1, 0.15) is 22.9 Å². The molecule has 9 heteroatoms. The molecule has 2 saturated heterocycles. The lowest BCUT2D eigenvalue weighted by Gasteiger charge is -2.38. The quantitative estimate of drug-likeness (QED) is 0.523. The molecule has 3 aromatic rings. The van der Waals surface area contributed by atoms with Crippen molar-refractivity contribution in [1.29, 1.82) is 0 Å². The summed E-state index contributed by atoms with van der Waals surface area (Å²) in [6.45, 7) is 5.24. The number of carbonyl (C=O) groups is 1. The summed E-state index contributed by atoms with van der Waals surface area (Å²) in [5, 5.41) is 0. The third-order valence-corrected chi connectivity index (χ3v) is 6.65. The van der Waals surface area contributed by atoms with Crippen molar-refractivity contribution >= 4 is 17.4 Å². The van der Waals surface area contributed by atoms with Gasteiger partial charge in [-0.05, 0) is 36.4 Å². The molecular weight excluding hydrogens is 458 g/mol. The summed E-state index contributed by atoms with van der Waals surface area (Å²) in [6, 6.07) is 15.7. The number of para-hydroxylation sites is 2. The maximum atomic E-state index is 13.5. The minimum Gasteiger partial charge on any atom is -0.497 e. The molecule has 0 atom stereocenters. The van der Waals surface area contributed by atoms with E-state index in [1.807, 2.05) is 47.4 Å². The summed E-state index contributed by atoms with van der Waals surface area (Å²) in [4.78, 5) is 29.3. The van der Waals surface area contributed by atoms with Crippen LogP contribution in [0.1, 0.15) is 10.4 Å². The maximum absolute atomic E-state index is 13.5. The van der Waals surface area contributed by atoms with E-state index in [1.165, 1.54) is 0 Å². The van der Waals surface area contributed by atoms with Crippen LogP contribution in [0.15, 0.2) is 54.7 Å². The van der Waals surface area contributed by atoms with Gasteiger partial charge in [0.15, 0.2) is 5.82 Å². The highest BCUT2D eigenvalue weighted by Gasteiger charge is 2.28. The first-order chi connectivity index (χ1) is 17.7. The predicted octanol–water partition coefficient (Wildman–Crippen LogP) is 2.96. The smallest absolute Gasteiger partial charge is 0.259 e. The summed E-state index contributed by atoms with van der Waals surface area (Å²) in [6.07, 6.45) is 1.67. The molecule has 0 unspecified atom stereocenters. The number of piperazine rings is 1. The predicted molar refractivity (Wildman–Crippen MR) is 138 cm³/mol. The Bertz CT molecular complexity index is 1190. The molecule has 1 aromatic heterocycles. The van der Waals surface area contributed by atoms with Crippen LogP contribution in [0.5, 0.6) is 11.5 Å². The lowest BCUT2D eigenvalue weighted by molar-refractivity contribution is 0.0302. The number of rotatable bonds is 6. The molecule has 0 spiro atoms. The molecule has 0 saturated carbocycles. The molecule has 0 radical (unpaired) electrons. The Balaban J connectivity index is 1.43. The summed E-state index contributed by atoms with van der Waals surface area (Å²) in [7, 11) is 3.33. The standard InChI is InChI=1S/C27H31N5O4/c1-34-21-9-7-20(8-10-21)25-28-19-22(27(33)32-15-17-36-18-16-32)26(29-25)31-13-11-30(12-14-31)23-5-3-4-6-24(23)35-2/h3-10,19H,11-18H2,1-2H3. The summed E-state index contributed by atoms with van der Waals surface area (Å²) >= 11 is 0. The molecule has 2 aromatic carbocycles. The number of morpholine rings is 1. The van der Waals surface area contributed by atoms with E-state index in [0.29, 0.717) is 43.5 Å². The van der Waals surface area contributed by atoms with Gasteiger partial charge in [0.2, 0.25) is 0 Å². The Kier molecular flexibility index (Phi) is 7.18. The van der Waals surface area contributed by atoms with Crippen molar-refractivity contribution in [1.82, 2.24) is 14.9 Å². The number of ether oxygens (including phenoxy) is 3. The third kappa shape index (κ3) is 4.92. The van der Waals surface area contributed by atoms with Gasteiger partial charge in [-0.3, -0.25) is 4.79 Å². The zero-order chi connectivity index (χ0) is 24.9. The van der Waals surface area contributed by atoms with E-state index >= 15 is 0 Å². The first kappa shape index (κ1) is 23.9. The van der Waals surface area contributed by atoms with E-state index < -0.39 is 0 Å². The van der Waals surface area contributed by atoms with Gasteiger partial charge in [0, 0.05) is 51.0 Å². The van der Waals surface area contributed by atoms with E-state index in [1.54, 1.807) is 20.4 Å². The first-order valence-electron chi connectivity index (χ1n) is 12.2. The van der Waals surface area contributed by atoms with Crippen LogP contribution in [-0.4, -0.2) is 87.5 Å². The zero-order valence-electron chi connectivity index (χ0n) is 20.7. The van der Waals surface area contributed by atoms with Crippen LogP contribution in [0.25, 0.3) is 11.4 Å². The second-order valence-corrected chi connectivity index (χ2v) is 8.71. The highest BCUT2D eigenvalue weighted by molar-refractivity contribution is 5.99. The van der Waals surface area contributed by atoms with E-state index in [2.05, 4.69) is 20.9 Å². The first-order valence-corrected chi connectivity index (χ1v) is 12.2. The molecule has 2 aliphatic rings. The lowest BCUT2D eigenvalue weighted by Crippen LogP contribution is -2.48. The monoisotopic (exact) mass is 489 g/mol. The number of nitrogens with zero attached hydrogens (tertiary/aromatic N) is 5. The van der Waals surface area contributed by atoms with Gasteiger partial charge in [-0.25, -0.2) is 9.97 Å². The molecule has 36 heavy (non-hydrogen) atoms. The maximum Gasteiger partial charge on any atom is 0.259 e. The van der Waals surface area contributed by atoms with Crippen LogP contribution in [0.2, 0.25) is 0 Å². The summed E-state index contributed by atoms with van der Waals surface area (Å²) in [5.74, 6) is 2.83. The Morgan fingerprint density at radius 2 is 1.56 bits per heavy atom. The van der Waals surface area contributed by atoms with Crippen molar-refractivity contribution < 1.29 is 19.0 Å². The molecular formula is C27H31N5O4. The Morgan fingerprint density at radius 3 is 2.25 bits per heavy atom. The SMILES string of the molecule is COc1ccc(-c2ncc(C(=O)N3CCOCC3)c(N3CCN(c4ccccc4OC)CC3)n2)cc1. The highest BCUT2D eigenvalue weighted by Crippen LogP contribution is 2.31. The molecule has 0 N–H and O–H groups in total.